The first kappa shape index (κ1) is 12.0. The predicted octanol–water partition coefficient (Wildman–Crippen LogP) is 1.29. The van der Waals surface area contributed by atoms with E-state index in [4.69, 9.17) is 0 Å². The number of urea groups is 1. The summed E-state index contributed by atoms with van der Waals surface area (Å²) in [6.07, 6.45) is 1.82. The minimum Gasteiger partial charge on any atom is -0.268 e. The standard InChI is InChI=1S/C9H14N2O3S/c1-4-5-9(2,3)15-11-7(13)6(12)10-8(11)14/h4-5H2,1-3H3,(H,10,12,14). The van der Waals surface area contributed by atoms with Crippen molar-refractivity contribution < 1.29 is 14.4 Å². The van der Waals surface area contributed by atoms with Gasteiger partial charge in [-0.1, -0.05) is 13.3 Å². The molecule has 5 nitrogen and oxygen atoms in total. The lowest BCUT2D eigenvalue weighted by Crippen LogP contribution is -2.30. The van der Waals surface area contributed by atoms with Crippen LogP contribution in [0.15, 0.2) is 0 Å². The maximum Gasteiger partial charge on any atom is 0.341 e. The molecule has 0 unspecified atom stereocenters. The number of carbonyl (C=O) groups is 3. The molecule has 1 fully saturated rings. The van der Waals surface area contributed by atoms with Gasteiger partial charge in [0.2, 0.25) is 0 Å². The molecule has 1 N–H and O–H groups in total. The van der Waals surface area contributed by atoms with Gasteiger partial charge in [0.1, 0.15) is 0 Å². The molecule has 0 aromatic rings. The minimum absolute atomic E-state index is 0.230. The number of carbonyl (C=O) groups excluding carboxylic acids is 3. The van der Waals surface area contributed by atoms with Gasteiger partial charge in [-0.3, -0.25) is 14.9 Å². The molecule has 1 saturated heterocycles. The zero-order chi connectivity index (χ0) is 11.6. The molecule has 1 heterocycles. The molecule has 1 rings (SSSR count). The van der Waals surface area contributed by atoms with Crippen LogP contribution in [0, 0.1) is 0 Å². The van der Waals surface area contributed by atoms with Crippen molar-refractivity contribution >= 4 is 29.8 Å². The van der Waals surface area contributed by atoms with Gasteiger partial charge >= 0.3 is 17.8 Å². The molecule has 0 atom stereocenters. The molecule has 6 heteroatoms. The Kier molecular flexibility index (Phi) is 3.38. The molecule has 0 bridgehead atoms. The summed E-state index contributed by atoms with van der Waals surface area (Å²) < 4.78 is 0.671. The molecule has 15 heavy (non-hydrogen) atoms. The molecule has 1 aliphatic heterocycles. The van der Waals surface area contributed by atoms with Crippen LogP contribution in [0.25, 0.3) is 0 Å². The van der Waals surface area contributed by atoms with E-state index in [2.05, 4.69) is 0 Å². The Hall–Kier alpha value is -1.04. The quantitative estimate of drug-likeness (QED) is 0.449. The van der Waals surface area contributed by atoms with Gasteiger partial charge in [-0.2, -0.15) is 4.31 Å². The van der Waals surface area contributed by atoms with Crippen molar-refractivity contribution in [3.63, 3.8) is 0 Å². The zero-order valence-electron chi connectivity index (χ0n) is 8.99. The Balaban J connectivity index is 2.70. The van der Waals surface area contributed by atoms with Crippen LogP contribution in [-0.2, 0) is 9.59 Å². The van der Waals surface area contributed by atoms with E-state index in [1.807, 2.05) is 26.1 Å². The lowest BCUT2D eigenvalue weighted by molar-refractivity contribution is -0.138. The summed E-state index contributed by atoms with van der Waals surface area (Å²) in [4.78, 5) is 33.4. The van der Waals surface area contributed by atoms with Crippen molar-refractivity contribution in [2.75, 3.05) is 0 Å². The highest BCUT2D eigenvalue weighted by atomic mass is 32.2. The highest BCUT2D eigenvalue weighted by Crippen LogP contribution is 2.33. The van der Waals surface area contributed by atoms with E-state index in [0.29, 0.717) is 0 Å². The fraction of sp³-hybridized carbons (Fsp3) is 0.667. The Bertz CT molecular complexity index is 314. The average Bonchev–Trinajstić information content (AvgIpc) is 2.32. The summed E-state index contributed by atoms with van der Waals surface area (Å²) >= 11 is 1.10. The number of hydrogen-bond donors (Lipinski definition) is 1. The predicted molar refractivity (Wildman–Crippen MR) is 57.0 cm³/mol. The van der Waals surface area contributed by atoms with Crippen molar-refractivity contribution in [3.8, 4) is 0 Å². The molecule has 1 aliphatic rings. The summed E-state index contributed by atoms with van der Waals surface area (Å²) in [7, 11) is 0. The summed E-state index contributed by atoms with van der Waals surface area (Å²) in [5, 5.41) is 1.96. The molecule has 0 aromatic heterocycles. The zero-order valence-corrected chi connectivity index (χ0v) is 9.81. The Labute approximate surface area is 92.7 Å². The van der Waals surface area contributed by atoms with Crippen molar-refractivity contribution in [1.29, 1.82) is 0 Å². The third-order valence-electron chi connectivity index (χ3n) is 1.97. The third kappa shape index (κ3) is 2.71. The van der Waals surface area contributed by atoms with E-state index in [0.717, 1.165) is 29.1 Å². The number of nitrogens with zero attached hydrogens (tertiary/aromatic N) is 1. The van der Waals surface area contributed by atoms with Gasteiger partial charge in [0.05, 0.1) is 0 Å². The number of imide groups is 2. The van der Waals surface area contributed by atoms with Crippen LogP contribution in [0.1, 0.15) is 33.6 Å². The molecule has 0 radical (unpaired) electrons. The van der Waals surface area contributed by atoms with Gasteiger partial charge in [0.25, 0.3) is 0 Å². The topological polar surface area (TPSA) is 66.5 Å². The molecule has 0 saturated carbocycles. The van der Waals surface area contributed by atoms with Gasteiger partial charge in [-0.05, 0) is 32.2 Å². The first-order valence-corrected chi connectivity index (χ1v) is 5.53. The summed E-state index contributed by atoms with van der Waals surface area (Å²) in [5.41, 5.74) is 0. The van der Waals surface area contributed by atoms with Crippen molar-refractivity contribution in [2.45, 2.75) is 38.4 Å². The Morgan fingerprint density at radius 1 is 1.33 bits per heavy atom. The Morgan fingerprint density at radius 2 is 1.93 bits per heavy atom. The smallest absolute Gasteiger partial charge is 0.268 e. The summed E-state index contributed by atoms with van der Waals surface area (Å²) in [6.45, 7) is 5.90. The van der Waals surface area contributed by atoms with Gasteiger partial charge in [-0.25, -0.2) is 4.79 Å². The van der Waals surface area contributed by atoms with Gasteiger partial charge in [0.15, 0.2) is 0 Å². The van der Waals surface area contributed by atoms with Crippen LogP contribution >= 0.6 is 11.9 Å². The molecule has 0 aromatic carbocycles. The van der Waals surface area contributed by atoms with Crippen molar-refractivity contribution in [3.05, 3.63) is 0 Å². The van der Waals surface area contributed by atoms with Gasteiger partial charge in [-0.15, -0.1) is 0 Å². The van der Waals surface area contributed by atoms with Crippen LogP contribution in [0.4, 0.5) is 4.79 Å². The number of rotatable bonds is 4. The number of amides is 4. The van der Waals surface area contributed by atoms with Gasteiger partial charge < -0.3 is 0 Å². The second-order valence-electron chi connectivity index (χ2n) is 3.96. The normalized spacial score (nSPS) is 17.3. The summed E-state index contributed by atoms with van der Waals surface area (Å²) in [6, 6.07) is -0.640. The van der Waals surface area contributed by atoms with Crippen LogP contribution in [0.3, 0.4) is 0 Å². The lowest BCUT2D eigenvalue weighted by Gasteiger charge is -2.25. The first-order valence-electron chi connectivity index (χ1n) is 4.76. The van der Waals surface area contributed by atoms with E-state index >= 15 is 0 Å². The Morgan fingerprint density at radius 3 is 2.33 bits per heavy atom. The van der Waals surface area contributed by atoms with E-state index in [1.165, 1.54) is 0 Å². The fourth-order valence-corrected chi connectivity index (χ4v) is 2.45. The third-order valence-corrected chi connectivity index (χ3v) is 3.19. The van der Waals surface area contributed by atoms with E-state index in [-0.39, 0.29) is 4.75 Å². The number of hydrogen-bond acceptors (Lipinski definition) is 4. The highest BCUT2D eigenvalue weighted by molar-refractivity contribution is 7.99. The first-order chi connectivity index (χ1) is 6.87. The summed E-state index contributed by atoms with van der Waals surface area (Å²) in [5.74, 6) is -1.63. The minimum atomic E-state index is -0.847. The van der Waals surface area contributed by atoms with E-state index in [1.54, 1.807) is 0 Å². The maximum absolute atomic E-state index is 11.3. The lowest BCUT2D eigenvalue weighted by atomic mass is 10.1. The van der Waals surface area contributed by atoms with Crippen LogP contribution in [0.2, 0.25) is 0 Å². The second-order valence-corrected chi connectivity index (χ2v) is 5.61. The monoisotopic (exact) mass is 230 g/mol. The van der Waals surface area contributed by atoms with E-state index < -0.39 is 17.8 Å². The molecule has 4 amide bonds. The van der Waals surface area contributed by atoms with Crippen LogP contribution in [-0.4, -0.2) is 26.9 Å². The number of nitrogens with one attached hydrogen (secondary N) is 1. The maximum atomic E-state index is 11.3. The van der Waals surface area contributed by atoms with Gasteiger partial charge in [0, 0.05) is 4.75 Å². The molecular weight excluding hydrogens is 216 g/mol. The van der Waals surface area contributed by atoms with Crippen molar-refractivity contribution in [2.24, 2.45) is 0 Å². The second kappa shape index (κ2) is 4.22. The SMILES string of the molecule is CCCC(C)(C)SN1C(=O)NC(=O)C1=O. The van der Waals surface area contributed by atoms with Crippen LogP contribution in [0.5, 0.6) is 0 Å². The van der Waals surface area contributed by atoms with Crippen molar-refractivity contribution in [1.82, 2.24) is 9.62 Å². The molecule has 0 spiro atoms. The molecule has 0 aliphatic carbocycles. The highest BCUT2D eigenvalue weighted by Gasteiger charge is 2.40. The molecule has 84 valence electrons. The average molecular weight is 230 g/mol. The largest absolute Gasteiger partial charge is 0.341 e. The van der Waals surface area contributed by atoms with Crippen LogP contribution < -0.4 is 5.32 Å². The molecular formula is C9H14N2O3S. The van der Waals surface area contributed by atoms with E-state index in [9.17, 15) is 14.4 Å². The fourth-order valence-electron chi connectivity index (χ4n) is 1.36.